The molecule has 0 bridgehead atoms. The minimum Gasteiger partial charge on any atom is -0.354 e. The molecule has 1 aromatic heterocycles. The molecule has 0 unspecified atom stereocenters. The van der Waals surface area contributed by atoms with Gasteiger partial charge in [0.2, 0.25) is 5.91 Å². The van der Waals surface area contributed by atoms with Gasteiger partial charge in [-0.2, -0.15) is 0 Å². The molecule has 4 aromatic rings. The van der Waals surface area contributed by atoms with E-state index in [0.29, 0.717) is 10.9 Å². The normalized spacial score (nSPS) is 15.1. The summed E-state index contributed by atoms with van der Waals surface area (Å²) in [5.74, 6) is -1.91. The highest BCUT2D eigenvalue weighted by molar-refractivity contribution is 6.07. The van der Waals surface area contributed by atoms with Crippen LogP contribution in [0.1, 0.15) is 36.8 Å². The van der Waals surface area contributed by atoms with E-state index < -0.39 is 11.6 Å². The van der Waals surface area contributed by atoms with Gasteiger partial charge in [0.25, 0.3) is 0 Å². The van der Waals surface area contributed by atoms with E-state index in [-0.39, 0.29) is 30.3 Å². The van der Waals surface area contributed by atoms with E-state index in [4.69, 9.17) is 5.73 Å². The zero-order valence-electron chi connectivity index (χ0n) is 17.4. The number of rotatable bonds is 4. The first-order valence-electron chi connectivity index (χ1n) is 10.5. The van der Waals surface area contributed by atoms with Crippen LogP contribution in [0.15, 0.2) is 54.6 Å². The average molecular weight is 456 g/mol. The van der Waals surface area contributed by atoms with Crippen LogP contribution >= 0.6 is 12.4 Å². The number of H-pyrrole nitrogens is 1. The fraction of sp³-hybridized carbons (Fsp3) is 0.240. The third-order valence-electron chi connectivity index (χ3n) is 6.29. The minimum atomic E-state index is -0.891. The lowest BCUT2D eigenvalue weighted by Crippen LogP contribution is -2.33. The van der Waals surface area contributed by atoms with Gasteiger partial charge < -0.3 is 16.0 Å². The Hall–Kier alpha value is -2.96. The van der Waals surface area contributed by atoms with Crippen molar-refractivity contribution in [3.8, 4) is 0 Å². The highest BCUT2D eigenvalue weighted by Gasteiger charge is 2.31. The number of carbonyl (C=O) groups is 1. The van der Waals surface area contributed by atoms with Gasteiger partial charge in [0.05, 0.1) is 6.42 Å². The van der Waals surface area contributed by atoms with Crippen molar-refractivity contribution in [2.45, 2.75) is 37.6 Å². The number of amides is 1. The molecule has 1 fully saturated rings. The summed E-state index contributed by atoms with van der Waals surface area (Å²) in [5.41, 5.74) is 10.1. The topological polar surface area (TPSA) is 70.9 Å². The Bertz CT molecular complexity index is 1310. The van der Waals surface area contributed by atoms with Crippen LogP contribution in [-0.4, -0.2) is 10.9 Å². The van der Waals surface area contributed by atoms with Gasteiger partial charge in [-0.1, -0.05) is 37.1 Å². The number of aromatic amines is 1. The summed E-state index contributed by atoms with van der Waals surface area (Å²) in [7, 11) is 0. The molecule has 0 spiro atoms. The summed E-state index contributed by atoms with van der Waals surface area (Å²) >= 11 is 0. The van der Waals surface area contributed by atoms with E-state index in [0.717, 1.165) is 59.5 Å². The van der Waals surface area contributed by atoms with E-state index in [2.05, 4.69) is 10.3 Å². The Morgan fingerprint density at radius 2 is 1.69 bits per heavy atom. The number of carbonyl (C=O) groups excluding carboxylic acids is 1. The van der Waals surface area contributed by atoms with Gasteiger partial charge in [0.1, 0.15) is 0 Å². The second-order valence-corrected chi connectivity index (χ2v) is 8.49. The van der Waals surface area contributed by atoms with Gasteiger partial charge in [-0.25, -0.2) is 8.78 Å². The number of benzene rings is 3. The van der Waals surface area contributed by atoms with Crippen molar-refractivity contribution < 1.29 is 13.6 Å². The lowest BCUT2D eigenvalue weighted by Gasteiger charge is -2.24. The molecule has 0 atom stereocenters. The SMILES string of the molecule is Cl.NC1(c2cccc(NC(=O)Cc3ccc4c(c3)[nH]c3cc(F)c(F)cc34)c2)CCCC1. The highest BCUT2D eigenvalue weighted by Crippen LogP contribution is 2.37. The molecule has 1 heterocycles. The molecule has 166 valence electrons. The Morgan fingerprint density at radius 3 is 2.47 bits per heavy atom. The summed E-state index contributed by atoms with van der Waals surface area (Å²) in [4.78, 5) is 15.7. The molecule has 32 heavy (non-hydrogen) atoms. The van der Waals surface area contributed by atoms with Crippen LogP contribution in [-0.2, 0) is 16.8 Å². The smallest absolute Gasteiger partial charge is 0.228 e. The monoisotopic (exact) mass is 455 g/mol. The number of nitrogens with one attached hydrogen (secondary N) is 2. The van der Waals surface area contributed by atoms with Crippen LogP contribution < -0.4 is 11.1 Å². The second-order valence-electron chi connectivity index (χ2n) is 8.49. The van der Waals surface area contributed by atoms with E-state index >= 15 is 0 Å². The summed E-state index contributed by atoms with van der Waals surface area (Å²) in [5, 5.41) is 4.36. The van der Waals surface area contributed by atoms with Crippen molar-refractivity contribution in [3.63, 3.8) is 0 Å². The molecule has 4 N–H and O–H groups in total. The first kappa shape index (κ1) is 22.2. The standard InChI is InChI=1S/C25H23F2N3O.ClH/c26-20-13-19-18-7-6-15(10-22(18)30-23(19)14-21(20)27)11-24(31)29-17-5-3-4-16(12-17)25(28)8-1-2-9-25;/h3-7,10,12-14,30H,1-2,8-9,11,28H2,(H,29,31);1H. The van der Waals surface area contributed by atoms with Gasteiger partial charge in [-0.3, -0.25) is 4.79 Å². The molecule has 7 heteroatoms. The summed E-state index contributed by atoms with van der Waals surface area (Å²) < 4.78 is 27.1. The van der Waals surface area contributed by atoms with Gasteiger partial charge in [0, 0.05) is 39.1 Å². The van der Waals surface area contributed by atoms with Crippen LogP contribution in [0.25, 0.3) is 21.8 Å². The Kier molecular flexibility index (Phi) is 5.93. The fourth-order valence-corrected chi connectivity index (χ4v) is 4.65. The Labute approximate surface area is 190 Å². The maximum absolute atomic E-state index is 13.6. The van der Waals surface area contributed by atoms with Gasteiger partial charge in [-0.15, -0.1) is 12.4 Å². The molecule has 0 radical (unpaired) electrons. The largest absolute Gasteiger partial charge is 0.354 e. The summed E-state index contributed by atoms with van der Waals surface area (Å²) in [6, 6.07) is 15.6. The molecular formula is C25H24ClF2N3O. The average Bonchev–Trinajstić information content (AvgIpc) is 3.32. The second kappa shape index (κ2) is 8.52. The van der Waals surface area contributed by atoms with Crippen molar-refractivity contribution in [2.24, 2.45) is 5.73 Å². The number of fused-ring (bicyclic) bond motifs is 3. The number of hydrogen-bond donors (Lipinski definition) is 3. The third kappa shape index (κ3) is 4.08. The lowest BCUT2D eigenvalue weighted by atomic mass is 9.89. The quantitative estimate of drug-likeness (QED) is 0.357. The van der Waals surface area contributed by atoms with E-state index in [1.54, 1.807) is 0 Å². The minimum absolute atomic E-state index is 0. The molecule has 1 amide bonds. The number of nitrogens with two attached hydrogens (primary N) is 1. The number of aromatic nitrogens is 1. The predicted molar refractivity (Wildman–Crippen MR) is 126 cm³/mol. The van der Waals surface area contributed by atoms with Crippen molar-refractivity contribution in [2.75, 3.05) is 5.32 Å². The highest BCUT2D eigenvalue weighted by atomic mass is 35.5. The molecule has 0 aliphatic heterocycles. The van der Waals surface area contributed by atoms with Gasteiger partial charge in [-0.05, 0) is 48.2 Å². The lowest BCUT2D eigenvalue weighted by molar-refractivity contribution is -0.115. The van der Waals surface area contributed by atoms with Crippen molar-refractivity contribution in [1.29, 1.82) is 0 Å². The number of anilines is 1. The van der Waals surface area contributed by atoms with Crippen LogP contribution in [0.2, 0.25) is 0 Å². The molecule has 1 saturated carbocycles. The molecule has 5 rings (SSSR count). The molecular weight excluding hydrogens is 432 g/mol. The first-order valence-corrected chi connectivity index (χ1v) is 10.5. The maximum Gasteiger partial charge on any atom is 0.228 e. The molecule has 4 nitrogen and oxygen atoms in total. The van der Waals surface area contributed by atoms with Crippen molar-refractivity contribution in [1.82, 2.24) is 4.98 Å². The number of hydrogen-bond acceptors (Lipinski definition) is 2. The molecule has 1 aliphatic rings. The van der Waals surface area contributed by atoms with Crippen LogP contribution in [0.5, 0.6) is 0 Å². The van der Waals surface area contributed by atoms with E-state index in [1.165, 1.54) is 6.07 Å². The van der Waals surface area contributed by atoms with Crippen LogP contribution in [0.3, 0.4) is 0 Å². The zero-order chi connectivity index (χ0) is 21.6. The Balaban J connectivity index is 0.00000245. The first-order chi connectivity index (χ1) is 14.9. The maximum atomic E-state index is 13.6. The molecule has 1 aliphatic carbocycles. The summed E-state index contributed by atoms with van der Waals surface area (Å²) in [6.07, 6.45) is 4.36. The van der Waals surface area contributed by atoms with Crippen LogP contribution in [0, 0.1) is 11.6 Å². The number of halogens is 3. The summed E-state index contributed by atoms with van der Waals surface area (Å²) in [6.45, 7) is 0. The third-order valence-corrected chi connectivity index (χ3v) is 6.29. The molecule has 0 saturated heterocycles. The molecule has 3 aromatic carbocycles. The zero-order valence-corrected chi connectivity index (χ0v) is 18.2. The predicted octanol–water partition coefficient (Wildman–Crippen LogP) is 5.93. The fourth-order valence-electron chi connectivity index (χ4n) is 4.65. The van der Waals surface area contributed by atoms with Crippen molar-refractivity contribution in [3.05, 3.63) is 77.4 Å². The van der Waals surface area contributed by atoms with E-state index in [9.17, 15) is 13.6 Å². The van der Waals surface area contributed by atoms with Crippen molar-refractivity contribution >= 4 is 45.8 Å². The Morgan fingerprint density at radius 1 is 0.969 bits per heavy atom. The van der Waals surface area contributed by atoms with Gasteiger partial charge in [0.15, 0.2) is 11.6 Å². The van der Waals surface area contributed by atoms with Crippen LogP contribution in [0.4, 0.5) is 14.5 Å². The van der Waals surface area contributed by atoms with Gasteiger partial charge >= 0.3 is 0 Å². The van der Waals surface area contributed by atoms with E-state index in [1.807, 2.05) is 42.5 Å².